The molecule has 1 aliphatic heterocycles. The van der Waals surface area contributed by atoms with Crippen molar-refractivity contribution in [2.24, 2.45) is 0 Å². The van der Waals surface area contributed by atoms with Crippen LogP contribution >= 0.6 is 0 Å². The summed E-state index contributed by atoms with van der Waals surface area (Å²) in [5, 5.41) is 2.87. The Bertz CT molecular complexity index is 799. The lowest BCUT2D eigenvalue weighted by atomic mass is 10.1. The highest BCUT2D eigenvalue weighted by Crippen LogP contribution is 2.16. The van der Waals surface area contributed by atoms with Crippen LogP contribution in [0.25, 0.3) is 0 Å². The SMILES string of the molecule is O=C(NCc1ccc(CN2CCCCC2)cc1)c1ccc(COCC(F)(F)F)cc1. The van der Waals surface area contributed by atoms with Gasteiger partial charge in [-0.15, -0.1) is 0 Å². The van der Waals surface area contributed by atoms with Crippen molar-refractivity contribution in [2.75, 3.05) is 19.7 Å². The molecule has 0 bridgehead atoms. The van der Waals surface area contributed by atoms with Gasteiger partial charge in [-0.25, -0.2) is 0 Å². The minimum Gasteiger partial charge on any atom is -0.367 e. The Kier molecular flexibility index (Phi) is 7.87. The quantitative estimate of drug-likeness (QED) is 0.674. The molecule has 1 heterocycles. The number of carbonyl (C=O) groups is 1. The predicted octanol–water partition coefficient (Wildman–Crippen LogP) is 4.68. The molecule has 0 radical (unpaired) electrons. The number of likely N-dealkylation sites (tertiary alicyclic amines) is 1. The standard InChI is InChI=1S/C23H27F3N2O2/c24-23(25,26)17-30-16-20-8-10-21(11-9-20)22(29)27-14-18-4-6-19(7-5-18)15-28-12-2-1-3-13-28/h4-11H,1-3,12-17H2,(H,27,29). The van der Waals surface area contributed by atoms with Crippen molar-refractivity contribution in [3.8, 4) is 0 Å². The molecule has 162 valence electrons. The van der Waals surface area contributed by atoms with E-state index in [-0.39, 0.29) is 12.5 Å². The molecule has 1 saturated heterocycles. The van der Waals surface area contributed by atoms with Crippen molar-refractivity contribution in [3.63, 3.8) is 0 Å². The summed E-state index contributed by atoms with van der Waals surface area (Å²) in [7, 11) is 0. The Morgan fingerprint density at radius 3 is 2.13 bits per heavy atom. The third-order valence-corrected chi connectivity index (χ3v) is 5.08. The Morgan fingerprint density at radius 2 is 1.50 bits per heavy atom. The van der Waals surface area contributed by atoms with Crippen LogP contribution in [-0.2, 0) is 24.4 Å². The number of alkyl halides is 3. The van der Waals surface area contributed by atoms with E-state index in [0.29, 0.717) is 17.7 Å². The zero-order chi connectivity index (χ0) is 21.4. The van der Waals surface area contributed by atoms with Gasteiger partial charge in [0.2, 0.25) is 0 Å². The highest BCUT2D eigenvalue weighted by Gasteiger charge is 2.27. The smallest absolute Gasteiger partial charge is 0.367 e. The van der Waals surface area contributed by atoms with Crippen LogP contribution in [0.15, 0.2) is 48.5 Å². The van der Waals surface area contributed by atoms with Crippen molar-refractivity contribution in [1.82, 2.24) is 10.2 Å². The molecule has 0 unspecified atom stereocenters. The molecular formula is C23H27F3N2O2. The molecule has 0 atom stereocenters. The van der Waals surface area contributed by atoms with Gasteiger partial charge in [0.25, 0.3) is 5.91 Å². The van der Waals surface area contributed by atoms with E-state index in [0.717, 1.165) is 25.2 Å². The Labute approximate surface area is 175 Å². The first kappa shape index (κ1) is 22.3. The molecule has 0 aliphatic carbocycles. The fourth-order valence-electron chi connectivity index (χ4n) is 3.46. The van der Waals surface area contributed by atoms with Crippen LogP contribution in [0, 0.1) is 0 Å². The lowest BCUT2D eigenvalue weighted by molar-refractivity contribution is -0.176. The van der Waals surface area contributed by atoms with Gasteiger partial charge in [0, 0.05) is 18.7 Å². The van der Waals surface area contributed by atoms with Gasteiger partial charge in [0.15, 0.2) is 0 Å². The third-order valence-electron chi connectivity index (χ3n) is 5.08. The normalized spacial score (nSPS) is 15.2. The maximum absolute atomic E-state index is 12.3. The van der Waals surface area contributed by atoms with Gasteiger partial charge in [-0.05, 0) is 54.8 Å². The monoisotopic (exact) mass is 420 g/mol. The van der Waals surface area contributed by atoms with E-state index in [4.69, 9.17) is 0 Å². The molecule has 30 heavy (non-hydrogen) atoms. The van der Waals surface area contributed by atoms with Crippen LogP contribution < -0.4 is 5.32 Å². The summed E-state index contributed by atoms with van der Waals surface area (Å²) in [6.07, 6.45) is -0.480. The van der Waals surface area contributed by atoms with Crippen molar-refractivity contribution in [2.45, 2.75) is 45.1 Å². The number of nitrogens with zero attached hydrogens (tertiary/aromatic N) is 1. The molecule has 1 fully saturated rings. The zero-order valence-corrected chi connectivity index (χ0v) is 16.9. The van der Waals surface area contributed by atoms with Crippen molar-refractivity contribution in [1.29, 1.82) is 0 Å². The molecule has 2 aromatic carbocycles. The third kappa shape index (κ3) is 7.46. The molecule has 0 aromatic heterocycles. The fraction of sp³-hybridized carbons (Fsp3) is 0.435. The van der Waals surface area contributed by atoms with Gasteiger partial charge in [0.05, 0.1) is 6.61 Å². The molecule has 4 nitrogen and oxygen atoms in total. The first-order valence-corrected chi connectivity index (χ1v) is 10.2. The molecule has 1 aliphatic rings. The molecule has 1 amide bonds. The first-order valence-electron chi connectivity index (χ1n) is 10.2. The topological polar surface area (TPSA) is 41.6 Å². The maximum atomic E-state index is 12.3. The van der Waals surface area contributed by atoms with Crippen molar-refractivity contribution >= 4 is 5.91 Å². The van der Waals surface area contributed by atoms with Crippen LogP contribution in [0.3, 0.4) is 0 Å². The van der Waals surface area contributed by atoms with E-state index in [1.54, 1.807) is 24.3 Å². The average molecular weight is 420 g/mol. The number of rotatable bonds is 8. The molecule has 1 N–H and O–H groups in total. The number of halogens is 3. The van der Waals surface area contributed by atoms with Crippen molar-refractivity contribution in [3.05, 3.63) is 70.8 Å². The number of piperidine rings is 1. The van der Waals surface area contributed by atoms with Gasteiger partial charge in [-0.3, -0.25) is 9.69 Å². The second-order valence-corrected chi connectivity index (χ2v) is 7.64. The van der Waals surface area contributed by atoms with E-state index in [1.807, 2.05) is 12.1 Å². The molecule has 0 spiro atoms. The second-order valence-electron chi connectivity index (χ2n) is 7.64. The first-order chi connectivity index (χ1) is 14.4. The van der Waals surface area contributed by atoms with Crippen LogP contribution in [-0.4, -0.2) is 36.7 Å². The van der Waals surface area contributed by atoms with E-state index in [2.05, 4.69) is 27.1 Å². The minimum absolute atomic E-state index is 0.148. The van der Waals surface area contributed by atoms with Crippen molar-refractivity contribution < 1.29 is 22.7 Å². The number of benzene rings is 2. The van der Waals surface area contributed by atoms with Gasteiger partial charge < -0.3 is 10.1 Å². The van der Waals surface area contributed by atoms with Crippen LogP contribution in [0.2, 0.25) is 0 Å². The zero-order valence-electron chi connectivity index (χ0n) is 16.9. The van der Waals surface area contributed by atoms with Gasteiger partial charge in [0.1, 0.15) is 6.61 Å². The summed E-state index contributed by atoms with van der Waals surface area (Å²) in [4.78, 5) is 14.8. The lowest BCUT2D eigenvalue weighted by Gasteiger charge is -2.26. The second kappa shape index (κ2) is 10.6. The van der Waals surface area contributed by atoms with Gasteiger partial charge in [-0.1, -0.05) is 42.8 Å². The summed E-state index contributed by atoms with van der Waals surface area (Å²) in [6.45, 7) is 2.26. The molecule has 7 heteroatoms. The van der Waals surface area contributed by atoms with Gasteiger partial charge >= 0.3 is 6.18 Å². The highest BCUT2D eigenvalue weighted by molar-refractivity contribution is 5.94. The van der Waals surface area contributed by atoms with E-state index >= 15 is 0 Å². The number of amides is 1. The predicted molar refractivity (Wildman–Crippen MR) is 109 cm³/mol. The minimum atomic E-state index is -4.34. The fourth-order valence-corrected chi connectivity index (χ4v) is 3.46. The lowest BCUT2D eigenvalue weighted by Crippen LogP contribution is -2.29. The number of nitrogens with one attached hydrogen (secondary N) is 1. The number of hydrogen-bond donors (Lipinski definition) is 1. The molecule has 3 rings (SSSR count). The molecule has 2 aromatic rings. The maximum Gasteiger partial charge on any atom is 0.411 e. The Morgan fingerprint density at radius 1 is 0.900 bits per heavy atom. The molecule has 0 saturated carbocycles. The number of hydrogen-bond acceptors (Lipinski definition) is 3. The van der Waals surface area contributed by atoms with Crippen LogP contribution in [0.1, 0.15) is 46.3 Å². The summed E-state index contributed by atoms with van der Waals surface area (Å²) in [6, 6.07) is 14.6. The van der Waals surface area contributed by atoms with E-state index in [1.165, 1.54) is 24.8 Å². The van der Waals surface area contributed by atoms with E-state index < -0.39 is 12.8 Å². The summed E-state index contributed by atoms with van der Waals surface area (Å²) >= 11 is 0. The van der Waals surface area contributed by atoms with E-state index in [9.17, 15) is 18.0 Å². The summed E-state index contributed by atoms with van der Waals surface area (Å²) in [5.74, 6) is -0.227. The van der Waals surface area contributed by atoms with Gasteiger partial charge in [-0.2, -0.15) is 13.2 Å². The summed E-state index contributed by atoms with van der Waals surface area (Å²) in [5.41, 5.74) is 3.33. The number of carbonyl (C=O) groups excluding carboxylic acids is 1. The van der Waals surface area contributed by atoms with Crippen LogP contribution in [0.4, 0.5) is 13.2 Å². The Balaban J connectivity index is 1.43. The highest BCUT2D eigenvalue weighted by atomic mass is 19.4. The average Bonchev–Trinajstić information content (AvgIpc) is 2.73. The largest absolute Gasteiger partial charge is 0.411 e. The molecular weight excluding hydrogens is 393 g/mol. The Hall–Kier alpha value is -2.38. The number of ether oxygens (including phenoxy) is 1. The summed E-state index contributed by atoms with van der Waals surface area (Å²) < 4.78 is 40.9. The van der Waals surface area contributed by atoms with Crippen LogP contribution in [0.5, 0.6) is 0 Å².